The topological polar surface area (TPSA) is 21.3 Å². The van der Waals surface area contributed by atoms with Gasteiger partial charge in [-0.3, -0.25) is 0 Å². The summed E-state index contributed by atoms with van der Waals surface area (Å²) in [6.45, 7) is 3.36. The van der Waals surface area contributed by atoms with Gasteiger partial charge in [-0.2, -0.15) is 0 Å². The van der Waals surface area contributed by atoms with Crippen LogP contribution in [0.1, 0.15) is 18.5 Å². The van der Waals surface area contributed by atoms with Gasteiger partial charge >= 0.3 is 0 Å². The Morgan fingerprint density at radius 2 is 2.20 bits per heavy atom. The van der Waals surface area contributed by atoms with Gasteiger partial charge in [-0.25, -0.2) is 0 Å². The normalized spacial score (nSPS) is 12.8. The average Bonchev–Trinajstić information content (AvgIpc) is 2.17. The minimum Gasteiger partial charge on any atom is -0.380 e. The van der Waals surface area contributed by atoms with E-state index in [1.54, 1.807) is 0 Å². The molecule has 84 valence electrons. The molecule has 0 aromatic heterocycles. The molecule has 1 aromatic carbocycles. The monoisotopic (exact) mass is 291 g/mol. The summed E-state index contributed by atoms with van der Waals surface area (Å²) in [7, 11) is 1.92. The summed E-state index contributed by atoms with van der Waals surface area (Å²) in [4.78, 5) is 0. The maximum absolute atomic E-state index is 5.99. The molecule has 0 saturated carbocycles. The lowest BCUT2D eigenvalue weighted by molar-refractivity contribution is 0.125. The Bertz CT molecular complexity index is 299. The molecule has 0 aliphatic carbocycles. The fourth-order valence-electron chi connectivity index (χ4n) is 1.36. The van der Waals surface area contributed by atoms with E-state index in [9.17, 15) is 0 Å². The molecule has 0 saturated heterocycles. The average molecular weight is 293 g/mol. The Balaban J connectivity index is 2.81. The van der Waals surface area contributed by atoms with Crippen LogP contribution in [0.3, 0.4) is 0 Å². The summed E-state index contributed by atoms with van der Waals surface area (Å²) in [5.74, 6) is 0. The van der Waals surface area contributed by atoms with Crippen molar-refractivity contribution in [1.29, 1.82) is 0 Å². The van der Waals surface area contributed by atoms with E-state index in [1.807, 2.05) is 32.2 Å². The summed E-state index contributed by atoms with van der Waals surface area (Å²) in [6, 6.07) is 6.05. The van der Waals surface area contributed by atoms with Crippen molar-refractivity contribution < 1.29 is 4.74 Å². The Morgan fingerprint density at radius 1 is 1.47 bits per heavy atom. The molecule has 1 aromatic rings. The first-order valence-corrected chi connectivity index (χ1v) is 6.05. The highest BCUT2D eigenvalue weighted by atomic mass is 79.9. The number of halogens is 2. The molecule has 2 nitrogen and oxygen atoms in total. The third-order valence-corrected chi connectivity index (χ3v) is 2.80. The van der Waals surface area contributed by atoms with Crippen molar-refractivity contribution in [2.45, 2.75) is 13.0 Å². The number of likely N-dealkylation sites (N-methyl/N-ethyl adjacent to an activating group) is 1. The van der Waals surface area contributed by atoms with Gasteiger partial charge < -0.3 is 10.1 Å². The molecule has 1 unspecified atom stereocenters. The van der Waals surface area contributed by atoms with Crippen LogP contribution in [0.15, 0.2) is 22.7 Å². The van der Waals surface area contributed by atoms with Crippen molar-refractivity contribution in [1.82, 2.24) is 5.32 Å². The fourth-order valence-corrected chi connectivity index (χ4v) is 2.24. The van der Waals surface area contributed by atoms with Crippen LogP contribution in [-0.2, 0) is 4.74 Å². The van der Waals surface area contributed by atoms with Gasteiger partial charge in [0.2, 0.25) is 0 Å². The Kier molecular flexibility index (Phi) is 5.61. The van der Waals surface area contributed by atoms with Crippen LogP contribution in [0.25, 0.3) is 0 Å². The first-order valence-electron chi connectivity index (χ1n) is 4.88. The fraction of sp³-hybridized carbons (Fsp3) is 0.455. The summed E-state index contributed by atoms with van der Waals surface area (Å²) < 4.78 is 6.39. The van der Waals surface area contributed by atoms with Gasteiger partial charge in [-0.15, -0.1) is 0 Å². The van der Waals surface area contributed by atoms with Gasteiger partial charge in [0, 0.05) is 16.1 Å². The number of ether oxygens (including phenoxy) is 1. The SMILES string of the molecule is CCOCC(NC)c1cc(Cl)cc(Br)c1. The van der Waals surface area contributed by atoms with Crippen LogP contribution in [-0.4, -0.2) is 20.3 Å². The van der Waals surface area contributed by atoms with Crippen LogP contribution < -0.4 is 5.32 Å². The van der Waals surface area contributed by atoms with Gasteiger partial charge in [0.25, 0.3) is 0 Å². The molecule has 15 heavy (non-hydrogen) atoms. The lowest BCUT2D eigenvalue weighted by Gasteiger charge is -2.17. The summed E-state index contributed by atoms with van der Waals surface area (Å²) in [5, 5.41) is 3.94. The zero-order valence-corrected chi connectivity index (χ0v) is 11.2. The molecule has 1 N–H and O–H groups in total. The van der Waals surface area contributed by atoms with Crippen LogP contribution >= 0.6 is 27.5 Å². The molecular weight excluding hydrogens is 277 g/mol. The summed E-state index contributed by atoms with van der Waals surface area (Å²) in [6.07, 6.45) is 0. The lowest BCUT2D eigenvalue weighted by atomic mass is 10.1. The molecule has 1 atom stereocenters. The maximum atomic E-state index is 5.99. The minimum atomic E-state index is 0.181. The second-order valence-corrected chi connectivity index (χ2v) is 4.56. The van der Waals surface area contributed by atoms with E-state index in [0.29, 0.717) is 6.61 Å². The second-order valence-electron chi connectivity index (χ2n) is 3.20. The van der Waals surface area contributed by atoms with Gasteiger partial charge in [-0.1, -0.05) is 27.5 Å². The third-order valence-electron chi connectivity index (χ3n) is 2.12. The van der Waals surface area contributed by atoms with E-state index in [2.05, 4.69) is 21.2 Å². The number of nitrogens with one attached hydrogen (secondary N) is 1. The number of hydrogen-bond donors (Lipinski definition) is 1. The van der Waals surface area contributed by atoms with E-state index in [4.69, 9.17) is 16.3 Å². The Morgan fingerprint density at radius 3 is 2.73 bits per heavy atom. The van der Waals surface area contributed by atoms with Crippen LogP contribution in [0, 0.1) is 0 Å². The quantitative estimate of drug-likeness (QED) is 0.898. The summed E-state index contributed by atoms with van der Waals surface area (Å²) >= 11 is 9.41. The molecule has 0 amide bonds. The highest BCUT2D eigenvalue weighted by Gasteiger charge is 2.10. The van der Waals surface area contributed by atoms with E-state index in [0.717, 1.165) is 21.7 Å². The second kappa shape index (κ2) is 6.48. The van der Waals surface area contributed by atoms with Crippen LogP contribution in [0.2, 0.25) is 5.02 Å². The van der Waals surface area contributed by atoms with Crippen LogP contribution in [0.5, 0.6) is 0 Å². The van der Waals surface area contributed by atoms with Crippen molar-refractivity contribution in [2.24, 2.45) is 0 Å². The van der Waals surface area contributed by atoms with Gasteiger partial charge in [-0.05, 0) is 37.7 Å². The predicted octanol–water partition coefficient (Wildman–Crippen LogP) is 3.40. The molecular formula is C11H15BrClNO. The Hall–Kier alpha value is -0.0900. The molecule has 0 heterocycles. The lowest BCUT2D eigenvalue weighted by Crippen LogP contribution is -2.21. The first-order chi connectivity index (χ1) is 7.17. The number of rotatable bonds is 5. The van der Waals surface area contributed by atoms with E-state index < -0.39 is 0 Å². The zero-order chi connectivity index (χ0) is 11.3. The van der Waals surface area contributed by atoms with E-state index >= 15 is 0 Å². The van der Waals surface area contributed by atoms with Gasteiger partial charge in [0.1, 0.15) is 0 Å². The van der Waals surface area contributed by atoms with Crippen molar-refractivity contribution in [3.63, 3.8) is 0 Å². The number of benzene rings is 1. The van der Waals surface area contributed by atoms with Crippen molar-refractivity contribution in [3.05, 3.63) is 33.3 Å². The third kappa shape index (κ3) is 4.11. The van der Waals surface area contributed by atoms with Crippen molar-refractivity contribution in [3.8, 4) is 0 Å². The highest BCUT2D eigenvalue weighted by molar-refractivity contribution is 9.10. The highest BCUT2D eigenvalue weighted by Crippen LogP contribution is 2.23. The van der Waals surface area contributed by atoms with E-state index in [1.165, 1.54) is 0 Å². The molecule has 0 aliphatic rings. The predicted molar refractivity (Wildman–Crippen MR) is 67.4 cm³/mol. The molecule has 0 aliphatic heterocycles. The van der Waals surface area contributed by atoms with Gasteiger partial charge in [0.15, 0.2) is 0 Å². The largest absolute Gasteiger partial charge is 0.380 e. The van der Waals surface area contributed by atoms with Crippen LogP contribution in [0.4, 0.5) is 0 Å². The van der Waals surface area contributed by atoms with Crippen molar-refractivity contribution >= 4 is 27.5 Å². The summed E-state index contributed by atoms with van der Waals surface area (Å²) in [5.41, 5.74) is 1.13. The Labute approximate surface area is 104 Å². The standard InChI is InChI=1S/C11H15BrClNO/c1-3-15-7-11(14-2)8-4-9(12)6-10(13)5-8/h4-6,11,14H,3,7H2,1-2H3. The molecule has 0 radical (unpaired) electrons. The zero-order valence-electron chi connectivity index (χ0n) is 8.89. The minimum absolute atomic E-state index is 0.181. The molecule has 1 rings (SSSR count). The molecule has 0 fully saturated rings. The number of hydrogen-bond acceptors (Lipinski definition) is 2. The van der Waals surface area contributed by atoms with Gasteiger partial charge in [0.05, 0.1) is 12.6 Å². The van der Waals surface area contributed by atoms with E-state index in [-0.39, 0.29) is 6.04 Å². The first kappa shape index (κ1) is 13.0. The molecule has 0 bridgehead atoms. The molecule has 0 spiro atoms. The smallest absolute Gasteiger partial charge is 0.0661 e. The molecule has 4 heteroatoms. The van der Waals surface area contributed by atoms with Crippen molar-refractivity contribution in [2.75, 3.05) is 20.3 Å². The maximum Gasteiger partial charge on any atom is 0.0661 e.